The lowest BCUT2D eigenvalue weighted by Crippen LogP contribution is -2.27. The normalized spacial score (nSPS) is 12.8. The van der Waals surface area contributed by atoms with E-state index in [0.717, 1.165) is 5.56 Å². The number of hydrogen-bond donors (Lipinski definition) is 4. The highest BCUT2D eigenvalue weighted by molar-refractivity contribution is 5.98. The Morgan fingerprint density at radius 1 is 1.37 bits per heavy atom. The molecule has 5 N–H and O–H groups in total. The molecule has 0 saturated heterocycles. The van der Waals surface area contributed by atoms with Gasteiger partial charge in [-0.25, -0.2) is 9.50 Å². The number of amidine groups is 1. The number of aromatic nitrogens is 3. The van der Waals surface area contributed by atoms with E-state index in [4.69, 9.17) is 15.9 Å². The minimum atomic E-state index is -0.417. The van der Waals surface area contributed by atoms with Crippen molar-refractivity contribution in [3.63, 3.8) is 0 Å². The summed E-state index contributed by atoms with van der Waals surface area (Å²) in [5, 5.41) is 17.2. The lowest BCUT2D eigenvalue weighted by molar-refractivity contribution is -0.118. The number of hydrogen-bond acceptors (Lipinski definition) is 6. The van der Waals surface area contributed by atoms with Crippen LogP contribution in [0.15, 0.2) is 36.5 Å². The zero-order chi connectivity index (χ0) is 19.0. The van der Waals surface area contributed by atoms with Gasteiger partial charge in [0, 0.05) is 12.6 Å². The van der Waals surface area contributed by atoms with Gasteiger partial charge in [-0.05, 0) is 23.8 Å². The molecule has 3 heterocycles. The van der Waals surface area contributed by atoms with Crippen LogP contribution in [0.4, 0.5) is 5.69 Å². The Morgan fingerprint density at radius 2 is 2.22 bits per heavy atom. The van der Waals surface area contributed by atoms with Gasteiger partial charge in [-0.2, -0.15) is 5.10 Å². The number of carbonyl (C=O) groups is 2. The highest BCUT2D eigenvalue weighted by Gasteiger charge is 2.17. The molecule has 0 fully saturated rings. The van der Waals surface area contributed by atoms with Crippen LogP contribution in [0.2, 0.25) is 0 Å². The fraction of sp³-hybridized carbons (Fsp3) is 0.118. The summed E-state index contributed by atoms with van der Waals surface area (Å²) in [6.07, 6.45) is 1.51. The molecule has 3 aromatic rings. The van der Waals surface area contributed by atoms with Gasteiger partial charge in [-0.15, -0.1) is 0 Å². The molecule has 10 nitrogen and oxygen atoms in total. The molecule has 1 aliphatic heterocycles. The van der Waals surface area contributed by atoms with Gasteiger partial charge in [0.2, 0.25) is 0 Å². The van der Waals surface area contributed by atoms with E-state index in [0.29, 0.717) is 17.1 Å². The fourth-order valence-corrected chi connectivity index (χ4v) is 2.73. The van der Waals surface area contributed by atoms with Crippen LogP contribution in [0.3, 0.4) is 0 Å². The summed E-state index contributed by atoms with van der Waals surface area (Å²) in [6.45, 7) is 0.216. The number of nitrogens with zero attached hydrogens (tertiary/aromatic N) is 3. The number of nitrogens with two attached hydrogens (primary N) is 1. The number of nitrogens with one attached hydrogen (secondary N) is 3. The monoisotopic (exact) mass is 365 g/mol. The number of nitrogen functional groups attached to an aromatic ring is 1. The first-order valence-corrected chi connectivity index (χ1v) is 8.04. The van der Waals surface area contributed by atoms with Crippen LogP contribution in [0.5, 0.6) is 5.75 Å². The maximum Gasteiger partial charge on any atom is 0.270 e. The lowest BCUT2D eigenvalue weighted by atomic mass is 10.1. The maximum atomic E-state index is 12.5. The fourth-order valence-electron chi connectivity index (χ4n) is 2.73. The van der Waals surface area contributed by atoms with Crippen LogP contribution in [-0.2, 0) is 11.3 Å². The number of benzene rings is 1. The van der Waals surface area contributed by atoms with Gasteiger partial charge in [-0.1, -0.05) is 6.07 Å². The number of carbonyl (C=O) groups excluding carboxylic acids is 2. The SMILES string of the molecule is N=C(N)c1cc(C(=O)NCc2ccc3c(c2)NC(=O)CO3)nc2ccnn12. The van der Waals surface area contributed by atoms with E-state index in [1.165, 1.54) is 16.8 Å². The third-order valence-corrected chi connectivity index (χ3v) is 4.00. The van der Waals surface area contributed by atoms with Gasteiger partial charge in [-0.3, -0.25) is 15.0 Å². The van der Waals surface area contributed by atoms with Crippen LogP contribution < -0.4 is 21.1 Å². The molecule has 1 aromatic carbocycles. The van der Waals surface area contributed by atoms with E-state index in [2.05, 4.69) is 20.7 Å². The summed E-state index contributed by atoms with van der Waals surface area (Å²) in [7, 11) is 0. The van der Waals surface area contributed by atoms with Gasteiger partial charge in [0.15, 0.2) is 12.3 Å². The highest BCUT2D eigenvalue weighted by atomic mass is 16.5. The molecule has 0 atom stereocenters. The van der Waals surface area contributed by atoms with Crippen molar-refractivity contribution in [2.24, 2.45) is 5.73 Å². The van der Waals surface area contributed by atoms with Crippen LogP contribution in [-0.4, -0.2) is 38.9 Å². The third-order valence-electron chi connectivity index (χ3n) is 4.00. The summed E-state index contributed by atoms with van der Waals surface area (Å²) in [4.78, 5) is 28.1. The predicted octanol–water partition coefficient (Wildman–Crippen LogP) is 0.274. The largest absolute Gasteiger partial charge is 0.482 e. The molecule has 27 heavy (non-hydrogen) atoms. The number of ether oxygens (including phenoxy) is 1. The molecule has 136 valence electrons. The zero-order valence-corrected chi connectivity index (χ0v) is 14.0. The molecule has 0 spiro atoms. The van der Waals surface area contributed by atoms with Gasteiger partial charge in [0.1, 0.15) is 23.0 Å². The van der Waals surface area contributed by atoms with Crippen LogP contribution in [0.25, 0.3) is 5.65 Å². The highest BCUT2D eigenvalue weighted by Crippen LogP contribution is 2.28. The quantitative estimate of drug-likeness (QED) is 0.385. The van der Waals surface area contributed by atoms with E-state index in [1.807, 2.05) is 0 Å². The smallest absolute Gasteiger partial charge is 0.270 e. The van der Waals surface area contributed by atoms with Gasteiger partial charge < -0.3 is 21.1 Å². The second-order valence-electron chi connectivity index (χ2n) is 5.89. The first kappa shape index (κ1) is 16.5. The summed E-state index contributed by atoms with van der Waals surface area (Å²) in [6, 6.07) is 8.31. The van der Waals surface area contributed by atoms with Crippen molar-refractivity contribution in [2.75, 3.05) is 11.9 Å². The molecule has 0 bridgehead atoms. The Kier molecular flexibility index (Phi) is 3.92. The second kappa shape index (κ2) is 6.41. The Morgan fingerprint density at radius 3 is 3.04 bits per heavy atom. The zero-order valence-electron chi connectivity index (χ0n) is 14.0. The van der Waals surface area contributed by atoms with Gasteiger partial charge in [0.25, 0.3) is 11.8 Å². The van der Waals surface area contributed by atoms with E-state index in [9.17, 15) is 9.59 Å². The van der Waals surface area contributed by atoms with Crippen LogP contribution >= 0.6 is 0 Å². The summed E-state index contributed by atoms with van der Waals surface area (Å²) in [5.41, 5.74) is 7.74. The number of anilines is 1. The standard InChI is InChI=1S/C17H15N7O3/c18-16(19)12-6-11(22-14-3-4-21-24(12)14)17(26)20-7-9-1-2-13-10(5-9)23-15(25)8-27-13/h1-6H,7-8H2,(H3,18,19)(H,20,26)(H,23,25). The average Bonchev–Trinajstić information content (AvgIpc) is 3.13. The van der Waals surface area contributed by atoms with Crippen LogP contribution in [0, 0.1) is 5.41 Å². The van der Waals surface area contributed by atoms with Crippen LogP contribution in [0.1, 0.15) is 21.7 Å². The molecule has 2 aromatic heterocycles. The minimum Gasteiger partial charge on any atom is -0.482 e. The van der Waals surface area contributed by atoms with Crippen molar-refractivity contribution in [2.45, 2.75) is 6.54 Å². The van der Waals surface area contributed by atoms with E-state index in [-0.39, 0.29) is 36.3 Å². The van der Waals surface area contributed by atoms with E-state index < -0.39 is 5.91 Å². The number of rotatable bonds is 4. The summed E-state index contributed by atoms with van der Waals surface area (Å²) < 4.78 is 6.70. The van der Waals surface area contributed by atoms with Gasteiger partial charge >= 0.3 is 0 Å². The van der Waals surface area contributed by atoms with Crippen molar-refractivity contribution in [1.82, 2.24) is 19.9 Å². The molecular formula is C17H15N7O3. The maximum absolute atomic E-state index is 12.5. The Bertz CT molecular complexity index is 1090. The molecule has 0 aliphatic carbocycles. The van der Waals surface area contributed by atoms with Gasteiger partial charge in [0.05, 0.1) is 11.9 Å². The van der Waals surface area contributed by atoms with E-state index in [1.54, 1.807) is 24.3 Å². The van der Waals surface area contributed by atoms with Crippen molar-refractivity contribution in [3.8, 4) is 5.75 Å². The first-order chi connectivity index (χ1) is 13.0. The number of fused-ring (bicyclic) bond motifs is 2. The van der Waals surface area contributed by atoms with Crippen molar-refractivity contribution in [3.05, 3.63) is 53.5 Å². The molecule has 0 unspecified atom stereocenters. The Labute approximate surface area is 152 Å². The molecule has 0 saturated carbocycles. The molecule has 0 radical (unpaired) electrons. The Balaban J connectivity index is 1.53. The Hall–Kier alpha value is -3.95. The molecule has 10 heteroatoms. The molecule has 1 aliphatic rings. The second-order valence-corrected chi connectivity index (χ2v) is 5.89. The summed E-state index contributed by atoms with van der Waals surface area (Å²) in [5.74, 6) is -0.271. The average molecular weight is 365 g/mol. The minimum absolute atomic E-state index is 0.00962. The molecular weight excluding hydrogens is 350 g/mol. The van der Waals surface area contributed by atoms with Crippen molar-refractivity contribution in [1.29, 1.82) is 5.41 Å². The molecule has 2 amide bonds. The first-order valence-electron chi connectivity index (χ1n) is 8.04. The predicted molar refractivity (Wildman–Crippen MR) is 95.7 cm³/mol. The lowest BCUT2D eigenvalue weighted by Gasteiger charge is -2.18. The third kappa shape index (κ3) is 3.15. The summed E-state index contributed by atoms with van der Waals surface area (Å²) >= 11 is 0. The molecule has 4 rings (SSSR count). The van der Waals surface area contributed by atoms with E-state index >= 15 is 0 Å². The topological polar surface area (TPSA) is 147 Å². The van der Waals surface area contributed by atoms with Crippen molar-refractivity contribution >= 4 is 29.0 Å². The number of amides is 2. The van der Waals surface area contributed by atoms with Crippen molar-refractivity contribution < 1.29 is 14.3 Å².